The molecule has 0 amide bonds. The zero-order valence-corrected chi connectivity index (χ0v) is 13.9. The maximum Gasteiger partial charge on any atom is 0.0607 e. The van der Waals surface area contributed by atoms with Crippen molar-refractivity contribution < 1.29 is 5.21 Å². The molecule has 2 rings (SSSR count). The molecule has 2 nitrogen and oxygen atoms in total. The highest BCUT2D eigenvalue weighted by molar-refractivity contribution is 5.88. The number of hydrogen-bond donors (Lipinski definition) is 1. The summed E-state index contributed by atoms with van der Waals surface area (Å²) in [5.74, 6) is 3.04. The highest BCUT2D eigenvalue weighted by atomic mass is 16.4. The van der Waals surface area contributed by atoms with E-state index in [0.717, 1.165) is 29.9 Å². The number of nitrogens with zero attached hydrogens (tertiary/aromatic N) is 1. The van der Waals surface area contributed by atoms with Gasteiger partial charge in [-0.25, -0.2) is 0 Å². The van der Waals surface area contributed by atoms with E-state index in [9.17, 15) is 5.21 Å². The third-order valence-electron chi connectivity index (χ3n) is 6.22. The molecule has 0 aromatic carbocycles. The lowest BCUT2D eigenvalue weighted by Gasteiger charge is -2.43. The number of fused-ring (bicyclic) bond motifs is 1. The standard InChI is InChI=1S/C18H33NO/c1-13(2)7-5-8-14(3)15-10-11-16-17(19-20)9-6-12-18(15,16)4/h13-16,20H,5-12H2,1-4H3/b19-17+/t14-,15-,16+,18-/m1/s1. The number of rotatable bonds is 5. The molecule has 2 heteroatoms. The average Bonchev–Trinajstić information content (AvgIpc) is 2.75. The Morgan fingerprint density at radius 1 is 1.25 bits per heavy atom. The normalized spacial score (nSPS) is 37.4. The zero-order valence-electron chi connectivity index (χ0n) is 13.9. The summed E-state index contributed by atoms with van der Waals surface area (Å²) in [5, 5.41) is 12.9. The van der Waals surface area contributed by atoms with Gasteiger partial charge < -0.3 is 5.21 Å². The van der Waals surface area contributed by atoms with E-state index >= 15 is 0 Å². The molecule has 0 radical (unpaired) electrons. The van der Waals surface area contributed by atoms with Crippen LogP contribution in [0.3, 0.4) is 0 Å². The van der Waals surface area contributed by atoms with Gasteiger partial charge in [-0.3, -0.25) is 0 Å². The van der Waals surface area contributed by atoms with Gasteiger partial charge in [0.25, 0.3) is 0 Å². The third kappa shape index (κ3) is 3.04. The lowest BCUT2D eigenvalue weighted by Crippen LogP contribution is -2.39. The molecular weight excluding hydrogens is 246 g/mol. The van der Waals surface area contributed by atoms with Crippen molar-refractivity contribution in [2.45, 2.75) is 79.1 Å². The highest BCUT2D eigenvalue weighted by Gasteiger charge is 2.51. The van der Waals surface area contributed by atoms with Crippen LogP contribution in [0.15, 0.2) is 5.16 Å². The average molecular weight is 279 g/mol. The van der Waals surface area contributed by atoms with Gasteiger partial charge in [0.1, 0.15) is 0 Å². The molecule has 2 fully saturated rings. The molecule has 4 atom stereocenters. The van der Waals surface area contributed by atoms with Crippen molar-refractivity contribution in [1.29, 1.82) is 0 Å². The summed E-state index contributed by atoms with van der Waals surface area (Å²) in [4.78, 5) is 0. The quantitative estimate of drug-likeness (QED) is 0.523. The van der Waals surface area contributed by atoms with Crippen molar-refractivity contribution in [2.75, 3.05) is 0 Å². The summed E-state index contributed by atoms with van der Waals surface area (Å²) in [6.07, 6.45) is 10.2. The van der Waals surface area contributed by atoms with E-state index in [0.29, 0.717) is 11.3 Å². The van der Waals surface area contributed by atoms with Crippen LogP contribution in [0.5, 0.6) is 0 Å². The van der Waals surface area contributed by atoms with Gasteiger partial charge in [0.2, 0.25) is 0 Å². The molecule has 116 valence electrons. The number of hydrogen-bond acceptors (Lipinski definition) is 2. The third-order valence-corrected chi connectivity index (χ3v) is 6.22. The van der Waals surface area contributed by atoms with E-state index in [2.05, 4.69) is 32.9 Å². The minimum Gasteiger partial charge on any atom is -0.411 e. The Bertz CT molecular complexity index is 349. The molecule has 2 saturated carbocycles. The second-order valence-electron chi connectivity index (χ2n) is 7.99. The van der Waals surface area contributed by atoms with Crippen LogP contribution < -0.4 is 0 Å². The molecule has 0 spiro atoms. The van der Waals surface area contributed by atoms with Gasteiger partial charge in [-0.2, -0.15) is 0 Å². The first-order valence-electron chi connectivity index (χ1n) is 8.70. The Morgan fingerprint density at radius 3 is 2.65 bits per heavy atom. The van der Waals surface area contributed by atoms with Crippen molar-refractivity contribution >= 4 is 5.71 Å². The first-order valence-corrected chi connectivity index (χ1v) is 8.70. The minimum atomic E-state index is 0.400. The highest BCUT2D eigenvalue weighted by Crippen LogP contribution is 2.57. The first-order chi connectivity index (χ1) is 9.49. The summed E-state index contributed by atoms with van der Waals surface area (Å²) in [7, 11) is 0. The Labute approximate surface area is 125 Å². The Hall–Kier alpha value is -0.530. The Kier molecular flexibility index (Phi) is 5.14. The van der Waals surface area contributed by atoms with Crippen molar-refractivity contribution in [2.24, 2.45) is 34.2 Å². The topological polar surface area (TPSA) is 32.6 Å². The molecule has 1 N–H and O–H groups in total. The maximum absolute atomic E-state index is 9.27. The fourth-order valence-electron chi connectivity index (χ4n) is 5.10. The van der Waals surface area contributed by atoms with Gasteiger partial charge in [0.15, 0.2) is 0 Å². The fourth-order valence-corrected chi connectivity index (χ4v) is 5.10. The van der Waals surface area contributed by atoms with E-state index in [4.69, 9.17) is 0 Å². The number of oxime groups is 1. The summed E-state index contributed by atoms with van der Waals surface area (Å²) < 4.78 is 0. The molecule has 0 heterocycles. The molecule has 2 aliphatic carbocycles. The SMILES string of the molecule is CC(C)CCC[C@@H](C)[C@H]1CC[C@H]2/C(=N/O)CCC[C@]12C. The lowest BCUT2D eigenvalue weighted by molar-refractivity contribution is 0.108. The molecule has 0 bridgehead atoms. The van der Waals surface area contributed by atoms with E-state index in [1.807, 2.05) is 0 Å². The molecule has 0 unspecified atom stereocenters. The van der Waals surface area contributed by atoms with E-state index < -0.39 is 0 Å². The van der Waals surface area contributed by atoms with Crippen LogP contribution in [-0.4, -0.2) is 10.9 Å². The lowest BCUT2D eigenvalue weighted by atomic mass is 9.61. The predicted octanol–water partition coefficient (Wildman–Crippen LogP) is 5.50. The van der Waals surface area contributed by atoms with Crippen molar-refractivity contribution in [3.63, 3.8) is 0 Å². The Morgan fingerprint density at radius 2 is 2.00 bits per heavy atom. The first kappa shape index (κ1) is 15.9. The van der Waals surface area contributed by atoms with Crippen molar-refractivity contribution in [3.8, 4) is 0 Å². The smallest absolute Gasteiger partial charge is 0.0607 e. The molecule has 0 aliphatic heterocycles. The molecule has 0 aromatic rings. The van der Waals surface area contributed by atoms with Crippen LogP contribution in [0.2, 0.25) is 0 Å². The maximum atomic E-state index is 9.27. The molecular formula is C18H33NO. The van der Waals surface area contributed by atoms with Crippen LogP contribution in [0, 0.1) is 29.1 Å². The summed E-state index contributed by atoms with van der Waals surface area (Å²) in [6.45, 7) is 9.58. The summed E-state index contributed by atoms with van der Waals surface area (Å²) in [6, 6.07) is 0. The minimum absolute atomic E-state index is 0.400. The molecule has 0 aromatic heterocycles. The monoisotopic (exact) mass is 279 g/mol. The van der Waals surface area contributed by atoms with Crippen LogP contribution in [0.1, 0.15) is 79.1 Å². The second kappa shape index (κ2) is 6.49. The van der Waals surface area contributed by atoms with E-state index in [1.165, 1.54) is 44.9 Å². The van der Waals surface area contributed by atoms with E-state index in [-0.39, 0.29) is 0 Å². The van der Waals surface area contributed by atoms with Crippen LogP contribution in [0.25, 0.3) is 0 Å². The molecule has 0 saturated heterocycles. The summed E-state index contributed by atoms with van der Waals surface area (Å²) >= 11 is 0. The van der Waals surface area contributed by atoms with Crippen LogP contribution in [-0.2, 0) is 0 Å². The second-order valence-corrected chi connectivity index (χ2v) is 7.99. The summed E-state index contributed by atoms with van der Waals surface area (Å²) in [5.41, 5.74) is 1.49. The van der Waals surface area contributed by atoms with Gasteiger partial charge in [-0.05, 0) is 55.3 Å². The molecule has 20 heavy (non-hydrogen) atoms. The zero-order chi connectivity index (χ0) is 14.8. The largest absolute Gasteiger partial charge is 0.411 e. The molecule has 2 aliphatic rings. The van der Waals surface area contributed by atoms with Crippen molar-refractivity contribution in [3.05, 3.63) is 0 Å². The Balaban J connectivity index is 1.99. The van der Waals surface area contributed by atoms with E-state index in [1.54, 1.807) is 0 Å². The van der Waals surface area contributed by atoms with Gasteiger partial charge >= 0.3 is 0 Å². The van der Waals surface area contributed by atoms with Crippen LogP contribution >= 0.6 is 0 Å². The van der Waals surface area contributed by atoms with Crippen molar-refractivity contribution in [1.82, 2.24) is 0 Å². The van der Waals surface area contributed by atoms with Gasteiger partial charge in [-0.1, -0.05) is 52.1 Å². The van der Waals surface area contributed by atoms with Gasteiger partial charge in [-0.15, -0.1) is 0 Å². The van der Waals surface area contributed by atoms with Gasteiger partial charge in [0, 0.05) is 5.92 Å². The fraction of sp³-hybridized carbons (Fsp3) is 0.944. The predicted molar refractivity (Wildman–Crippen MR) is 85.2 cm³/mol. The van der Waals surface area contributed by atoms with Crippen LogP contribution in [0.4, 0.5) is 0 Å². The van der Waals surface area contributed by atoms with Gasteiger partial charge in [0.05, 0.1) is 5.71 Å².